The van der Waals surface area contributed by atoms with E-state index in [1.54, 1.807) is 0 Å². The Labute approximate surface area is 551 Å². The van der Waals surface area contributed by atoms with Crippen molar-refractivity contribution in [3.05, 3.63) is 23.3 Å². The molecule has 548 valence electrons. The molecule has 0 aromatic carbocycles. The first-order valence-electron chi connectivity index (χ1n) is 33.1. The molecule has 0 spiro atoms. The SMILES string of the molecule is CC(C)=CCC[C@](C)(O)[C@H]1CC[C@H]2[C@@H]3C[C@H](O[C@@H]4O[C@H](CO)[C@@H](O)[C@H](O[C@@H]5OC[C@@H](O[C@@H]6O[C@H](C)[C@H](O)[C@H](O)[C@H]6O[C@@H]6O[C@H](C)[C@H](O)[C@H](O[C@@H]7O[C@H](CO)[C@H](O)[C@H](O)[C@H]7O)[C@H]6O)[C@H](O)[C@H]5O[C@@H]5O[C@H](C)[C@@H](O)[C@H](O)[C@H]5O)[C@H]4O)[C@H]4C[C@@H](OS(=O)(=O)O)CC[C@]4(C)C3=CC[C@@]21C. The number of rotatable bonds is 20. The van der Waals surface area contributed by atoms with E-state index in [4.69, 9.17) is 61.0 Å². The van der Waals surface area contributed by atoms with Crippen LogP contribution in [-0.2, 0) is 71.4 Å². The first kappa shape index (κ1) is 75.9. The molecule has 0 bridgehead atoms. The molecule has 0 unspecified atom stereocenters. The first-order chi connectivity index (χ1) is 44.5. The van der Waals surface area contributed by atoms with Crippen molar-refractivity contribution in [2.75, 3.05) is 19.8 Å². The summed E-state index contributed by atoms with van der Waals surface area (Å²) in [5.41, 5.74) is 0.270. The van der Waals surface area contributed by atoms with Crippen LogP contribution in [0, 0.1) is 34.5 Å². The minimum Gasteiger partial charge on any atom is -0.394 e. The number of hydrogen-bond acceptors (Lipinski definition) is 31. The van der Waals surface area contributed by atoms with E-state index in [9.17, 15) is 94.7 Å². The van der Waals surface area contributed by atoms with Crippen molar-refractivity contribution in [1.82, 2.24) is 0 Å². The smallest absolute Gasteiger partial charge is 0.394 e. The third-order valence-corrected chi connectivity index (χ3v) is 22.9. The highest BCUT2D eigenvalue weighted by Crippen LogP contribution is 2.67. The maximum atomic E-state index is 12.5. The Morgan fingerprint density at radius 3 is 1.68 bits per heavy atom. The zero-order valence-electron chi connectivity index (χ0n) is 54.5. The molecular formula is C62H102O32S. The summed E-state index contributed by atoms with van der Waals surface area (Å²) in [6.07, 6.45) is -44.6. The molecule has 0 amide bonds. The van der Waals surface area contributed by atoms with Crippen molar-refractivity contribution in [2.45, 2.75) is 309 Å². The summed E-state index contributed by atoms with van der Waals surface area (Å²) < 4.78 is 113. The number of aliphatic hydroxyl groups is 16. The van der Waals surface area contributed by atoms with Gasteiger partial charge in [-0.15, -0.1) is 0 Å². The standard InChI is InChI=1S/C62H102O32S/c1-23(2)10-9-15-62(8,78)36-12-11-29-28-19-32(31-18-27(94-95(79,80)81)13-16-60(31,6)30(28)14-17-61(29,36)7)86-57-49(77)51(41(69)34(21-64)88-57)91-58-52(92-54-46(74)43(71)37(65)24(3)83-54)42(70)35(22-82-58)89-59-53(45(73)38(66)25(4)85-59)93-56-48(76)50(39(67)26(5)84-56)90-55-47(75)44(72)40(68)33(20-63)87-55/h10,14,24-29,31-59,63-78H,9,11-13,15-22H2,1-8H3,(H,79,80,81)/t24-,25-,26-,27+,28+,29+,31-,32+,33-,34-,35-,36+,37-,38+,39+,40+,41-,42+,43+,44+,45+,46-,47-,48-,49-,50+,51+,52-,53-,54+,55+,56+,57-,58+,59+,60-,61+,62+/m1/s1. The van der Waals surface area contributed by atoms with Gasteiger partial charge in [-0.2, -0.15) is 8.42 Å². The fraction of sp³-hybridized carbons (Fsp3) is 0.935. The lowest BCUT2D eigenvalue weighted by molar-refractivity contribution is -0.401. The molecule has 4 aliphatic carbocycles. The highest BCUT2D eigenvalue weighted by atomic mass is 32.3. The van der Waals surface area contributed by atoms with Crippen LogP contribution in [-0.4, -0.2) is 310 Å². The van der Waals surface area contributed by atoms with E-state index in [1.165, 1.54) is 20.8 Å². The molecule has 6 aliphatic heterocycles. The number of fused-ring (bicyclic) bond motifs is 5. The Morgan fingerprint density at radius 1 is 0.568 bits per heavy atom. The minimum atomic E-state index is -4.91. The van der Waals surface area contributed by atoms with Gasteiger partial charge in [-0.25, -0.2) is 4.18 Å². The Bertz CT molecular complexity index is 2730. The highest BCUT2D eigenvalue weighted by molar-refractivity contribution is 7.80. The molecule has 38 atom stereocenters. The second kappa shape index (κ2) is 29.9. The Balaban J connectivity index is 0.906. The summed E-state index contributed by atoms with van der Waals surface area (Å²) >= 11 is 0. The maximum absolute atomic E-state index is 12.5. The summed E-state index contributed by atoms with van der Waals surface area (Å²) in [6, 6.07) is 0. The van der Waals surface area contributed by atoms with Gasteiger partial charge in [-0.05, 0) is 134 Å². The molecule has 0 radical (unpaired) electrons. The van der Waals surface area contributed by atoms with Crippen LogP contribution in [0.25, 0.3) is 0 Å². The second-order valence-corrected chi connectivity index (χ2v) is 30.0. The molecule has 10 rings (SSSR count). The molecule has 6 saturated heterocycles. The normalized spacial score (nSPS) is 51.9. The molecule has 3 saturated carbocycles. The molecule has 33 heteroatoms. The average Bonchev–Trinajstić information content (AvgIpc) is 1.69. The van der Waals surface area contributed by atoms with Crippen molar-refractivity contribution < 1.29 is 156 Å². The number of aliphatic hydroxyl groups excluding tert-OH is 15. The fourth-order valence-electron chi connectivity index (χ4n) is 17.0. The van der Waals surface area contributed by atoms with Crippen molar-refractivity contribution in [2.24, 2.45) is 34.5 Å². The lowest BCUT2D eigenvalue weighted by Gasteiger charge is -2.60. The third kappa shape index (κ3) is 15.2. The zero-order chi connectivity index (χ0) is 69.5. The van der Waals surface area contributed by atoms with Crippen molar-refractivity contribution in [3.63, 3.8) is 0 Å². The van der Waals surface area contributed by atoms with E-state index in [0.29, 0.717) is 32.1 Å². The molecule has 95 heavy (non-hydrogen) atoms. The maximum Gasteiger partial charge on any atom is 0.397 e. The van der Waals surface area contributed by atoms with Gasteiger partial charge in [0.1, 0.15) is 122 Å². The van der Waals surface area contributed by atoms with E-state index >= 15 is 0 Å². The van der Waals surface area contributed by atoms with Gasteiger partial charge in [0, 0.05) is 0 Å². The van der Waals surface area contributed by atoms with Gasteiger partial charge in [-0.1, -0.05) is 37.1 Å². The fourth-order valence-corrected chi connectivity index (χ4v) is 17.5. The van der Waals surface area contributed by atoms with Crippen molar-refractivity contribution in [3.8, 4) is 0 Å². The molecule has 32 nitrogen and oxygen atoms in total. The molecular weight excluding hydrogens is 1290 g/mol. The summed E-state index contributed by atoms with van der Waals surface area (Å²) in [5, 5.41) is 180. The van der Waals surface area contributed by atoms with E-state index in [0.717, 1.165) is 24.0 Å². The summed E-state index contributed by atoms with van der Waals surface area (Å²) in [5.74, 6) is -0.720. The number of allylic oxidation sites excluding steroid dienone is 4. The quantitative estimate of drug-likeness (QED) is 0.0407. The molecule has 0 aromatic rings. The van der Waals surface area contributed by atoms with Crippen LogP contribution in [0.2, 0.25) is 0 Å². The predicted molar refractivity (Wildman–Crippen MR) is 318 cm³/mol. The topological polar surface area (TPSA) is 498 Å². The van der Waals surface area contributed by atoms with Crippen LogP contribution in [0.15, 0.2) is 23.3 Å². The number of hydrogen-bond donors (Lipinski definition) is 17. The lowest BCUT2D eigenvalue weighted by Crippen LogP contribution is -2.67. The van der Waals surface area contributed by atoms with E-state index in [2.05, 4.69) is 26.0 Å². The van der Waals surface area contributed by atoms with Crippen molar-refractivity contribution >= 4 is 10.4 Å². The van der Waals surface area contributed by atoms with E-state index < -0.39 is 237 Å². The molecule has 10 aliphatic rings. The summed E-state index contributed by atoms with van der Waals surface area (Å²) in [4.78, 5) is 0. The van der Waals surface area contributed by atoms with Gasteiger partial charge in [-0.3, -0.25) is 4.55 Å². The lowest BCUT2D eigenvalue weighted by atomic mass is 9.47. The average molecular weight is 1390 g/mol. The van der Waals surface area contributed by atoms with Crippen LogP contribution in [0.1, 0.15) is 113 Å². The first-order valence-corrected chi connectivity index (χ1v) is 34.5. The highest BCUT2D eigenvalue weighted by Gasteiger charge is 2.64. The molecule has 17 N–H and O–H groups in total. The van der Waals surface area contributed by atoms with Crippen LogP contribution in [0.5, 0.6) is 0 Å². The third-order valence-electron chi connectivity index (χ3n) is 22.4. The van der Waals surface area contributed by atoms with Gasteiger partial charge in [0.15, 0.2) is 37.7 Å². The summed E-state index contributed by atoms with van der Waals surface area (Å²) in [7, 11) is -4.91. The summed E-state index contributed by atoms with van der Waals surface area (Å²) in [6.45, 7) is 11.8. The number of ether oxygens (including phenoxy) is 12. The van der Waals surface area contributed by atoms with Crippen LogP contribution in [0.3, 0.4) is 0 Å². The van der Waals surface area contributed by atoms with Gasteiger partial charge in [0.25, 0.3) is 0 Å². The minimum absolute atomic E-state index is 0.0431. The Hall–Kier alpha value is -1.77. The van der Waals surface area contributed by atoms with Gasteiger partial charge in [0.05, 0.1) is 55.9 Å². The van der Waals surface area contributed by atoms with Gasteiger partial charge in [0.2, 0.25) is 0 Å². The van der Waals surface area contributed by atoms with E-state index in [1.807, 2.05) is 20.8 Å². The van der Waals surface area contributed by atoms with Gasteiger partial charge < -0.3 is 139 Å². The Kier molecular flexibility index (Phi) is 23.9. The van der Waals surface area contributed by atoms with Crippen LogP contribution < -0.4 is 0 Å². The van der Waals surface area contributed by atoms with Crippen LogP contribution in [0.4, 0.5) is 0 Å². The largest absolute Gasteiger partial charge is 0.397 e. The predicted octanol–water partition coefficient (Wildman–Crippen LogP) is -4.11. The van der Waals surface area contributed by atoms with Gasteiger partial charge >= 0.3 is 10.4 Å². The second-order valence-electron chi connectivity index (χ2n) is 29.0. The molecule has 9 fully saturated rings. The molecule has 6 heterocycles. The van der Waals surface area contributed by atoms with Crippen LogP contribution >= 0.6 is 0 Å². The van der Waals surface area contributed by atoms with E-state index in [-0.39, 0.29) is 36.0 Å². The molecule has 0 aromatic heterocycles. The van der Waals surface area contributed by atoms with Crippen molar-refractivity contribution in [1.29, 1.82) is 0 Å². The zero-order valence-corrected chi connectivity index (χ0v) is 55.3. The monoisotopic (exact) mass is 1390 g/mol. The Morgan fingerprint density at radius 2 is 1.07 bits per heavy atom.